The standard InChI is InChI=1S/C15H15ClO3/c1-18-8-9-19-15-5-3-2-4-12(15)13-10-11(16)6-7-14(13)17/h2-7,10,17H,8-9H2,1H3. The van der Waals surface area contributed by atoms with E-state index < -0.39 is 0 Å². The maximum atomic E-state index is 9.95. The summed E-state index contributed by atoms with van der Waals surface area (Å²) in [4.78, 5) is 0. The maximum Gasteiger partial charge on any atom is 0.127 e. The van der Waals surface area contributed by atoms with E-state index in [1.165, 1.54) is 0 Å². The average Bonchev–Trinajstić information content (AvgIpc) is 2.42. The Morgan fingerprint density at radius 1 is 1.05 bits per heavy atom. The summed E-state index contributed by atoms with van der Waals surface area (Å²) in [5, 5.41) is 10.5. The number of hydrogen-bond donors (Lipinski definition) is 1. The van der Waals surface area contributed by atoms with Crippen molar-refractivity contribution in [3.8, 4) is 22.6 Å². The predicted molar refractivity (Wildman–Crippen MR) is 75.9 cm³/mol. The summed E-state index contributed by atoms with van der Waals surface area (Å²) in [5.41, 5.74) is 1.46. The molecule has 0 aliphatic rings. The molecule has 2 aromatic carbocycles. The van der Waals surface area contributed by atoms with Crippen LogP contribution in [-0.4, -0.2) is 25.4 Å². The number of methoxy groups -OCH3 is 1. The molecule has 0 radical (unpaired) electrons. The Hall–Kier alpha value is -1.71. The minimum Gasteiger partial charge on any atom is -0.507 e. The molecule has 0 spiro atoms. The zero-order valence-electron chi connectivity index (χ0n) is 10.6. The number of halogens is 1. The minimum atomic E-state index is 0.173. The van der Waals surface area contributed by atoms with Gasteiger partial charge in [-0.1, -0.05) is 29.8 Å². The van der Waals surface area contributed by atoms with E-state index in [0.29, 0.717) is 29.5 Å². The molecule has 0 unspecified atom stereocenters. The Labute approximate surface area is 117 Å². The second-order valence-electron chi connectivity index (χ2n) is 4.00. The fraction of sp³-hybridized carbons (Fsp3) is 0.200. The van der Waals surface area contributed by atoms with E-state index in [2.05, 4.69) is 0 Å². The topological polar surface area (TPSA) is 38.7 Å². The quantitative estimate of drug-likeness (QED) is 0.847. The molecule has 0 aliphatic heterocycles. The number of hydrogen-bond acceptors (Lipinski definition) is 3. The van der Waals surface area contributed by atoms with E-state index >= 15 is 0 Å². The van der Waals surface area contributed by atoms with Gasteiger partial charge in [-0.15, -0.1) is 0 Å². The second-order valence-corrected chi connectivity index (χ2v) is 4.44. The summed E-state index contributed by atoms with van der Waals surface area (Å²) in [7, 11) is 1.62. The van der Waals surface area contributed by atoms with Crippen LogP contribution in [0.4, 0.5) is 0 Å². The van der Waals surface area contributed by atoms with Crippen LogP contribution in [0.25, 0.3) is 11.1 Å². The van der Waals surface area contributed by atoms with E-state index in [4.69, 9.17) is 21.1 Å². The molecule has 19 heavy (non-hydrogen) atoms. The van der Waals surface area contributed by atoms with Crippen LogP contribution in [0.5, 0.6) is 11.5 Å². The lowest BCUT2D eigenvalue weighted by Gasteiger charge is -2.12. The fourth-order valence-corrected chi connectivity index (χ4v) is 1.95. The summed E-state index contributed by atoms with van der Waals surface area (Å²) < 4.78 is 10.6. The Bertz CT molecular complexity index is 555. The van der Waals surface area contributed by atoms with Crippen LogP contribution < -0.4 is 4.74 Å². The summed E-state index contributed by atoms with van der Waals surface area (Å²) in [6.45, 7) is 0.963. The first-order valence-corrected chi connectivity index (χ1v) is 6.30. The third-order valence-electron chi connectivity index (χ3n) is 2.68. The molecule has 0 bridgehead atoms. The number of para-hydroxylation sites is 1. The Balaban J connectivity index is 2.35. The van der Waals surface area contributed by atoms with Crippen molar-refractivity contribution in [2.75, 3.05) is 20.3 Å². The third-order valence-corrected chi connectivity index (χ3v) is 2.92. The number of rotatable bonds is 5. The van der Waals surface area contributed by atoms with Gasteiger partial charge in [-0.3, -0.25) is 0 Å². The van der Waals surface area contributed by atoms with Gasteiger partial charge in [0.15, 0.2) is 0 Å². The van der Waals surface area contributed by atoms with E-state index in [1.807, 2.05) is 24.3 Å². The van der Waals surface area contributed by atoms with Gasteiger partial charge in [0.2, 0.25) is 0 Å². The van der Waals surface area contributed by atoms with Crippen molar-refractivity contribution in [1.82, 2.24) is 0 Å². The highest BCUT2D eigenvalue weighted by atomic mass is 35.5. The Kier molecular flexibility index (Phi) is 4.66. The van der Waals surface area contributed by atoms with Crippen LogP contribution in [0.3, 0.4) is 0 Å². The smallest absolute Gasteiger partial charge is 0.127 e. The molecule has 2 aromatic rings. The number of benzene rings is 2. The normalized spacial score (nSPS) is 10.4. The lowest BCUT2D eigenvalue weighted by atomic mass is 10.0. The van der Waals surface area contributed by atoms with Crippen LogP contribution in [0, 0.1) is 0 Å². The van der Waals surface area contributed by atoms with Gasteiger partial charge in [0.25, 0.3) is 0 Å². The summed E-state index contributed by atoms with van der Waals surface area (Å²) in [6.07, 6.45) is 0. The van der Waals surface area contributed by atoms with Crippen molar-refractivity contribution >= 4 is 11.6 Å². The number of ether oxygens (including phenoxy) is 2. The molecule has 0 saturated heterocycles. The SMILES string of the molecule is COCCOc1ccccc1-c1cc(Cl)ccc1O. The molecule has 0 fully saturated rings. The molecule has 4 heteroatoms. The molecule has 0 heterocycles. The molecule has 0 aromatic heterocycles. The maximum absolute atomic E-state index is 9.95. The third kappa shape index (κ3) is 3.40. The van der Waals surface area contributed by atoms with Gasteiger partial charge in [0.1, 0.15) is 18.1 Å². The Morgan fingerprint density at radius 2 is 1.84 bits per heavy atom. The van der Waals surface area contributed by atoms with E-state index in [-0.39, 0.29) is 5.75 Å². The molecule has 100 valence electrons. The second kappa shape index (κ2) is 6.45. The van der Waals surface area contributed by atoms with Crippen molar-refractivity contribution in [3.63, 3.8) is 0 Å². The number of aromatic hydroxyl groups is 1. The van der Waals surface area contributed by atoms with Crippen molar-refractivity contribution in [3.05, 3.63) is 47.5 Å². The van der Waals surface area contributed by atoms with Gasteiger partial charge in [0, 0.05) is 23.3 Å². The highest BCUT2D eigenvalue weighted by Gasteiger charge is 2.10. The molecule has 0 atom stereocenters. The van der Waals surface area contributed by atoms with Crippen molar-refractivity contribution in [2.24, 2.45) is 0 Å². The first-order chi connectivity index (χ1) is 9.22. The van der Waals surface area contributed by atoms with Crippen molar-refractivity contribution in [2.45, 2.75) is 0 Å². The predicted octanol–water partition coefficient (Wildman–Crippen LogP) is 3.74. The van der Waals surface area contributed by atoms with Gasteiger partial charge in [0.05, 0.1) is 6.61 Å². The lowest BCUT2D eigenvalue weighted by molar-refractivity contribution is 0.146. The summed E-state index contributed by atoms with van der Waals surface area (Å²) in [6, 6.07) is 12.4. The van der Waals surface area contributed by atoms with Crippen LogP contribution in [0.1, 0.15) is 0 Å². The largest absolute Gasteiger partial charge is 0.507 e. The summed E-state index contributed by atoms with van der Waals surface area (Å²) in [5.74, 6) is 0.865. The monoisotopic (exact) mass is 278 g/mol. The molecular formula is C15H15ClO3. The van der Waals surface area contributed by atoms with Crippen LogP contribution in [-0.2, 0) is 4.74 Å². The number of phenols is 1. The van der Waals surface area contributed by atoms with Crippen molar-refractivity contribution in [1.29, 1.82) is 0 Å². The lowest BCUT2D eigenvalue weighted by Crippen LogP contribution is -2.05. The van der Waals surface area contributed by atoms with Gasteiger partial charge in [-0.25, -0.2) is 0 Å². The van der Waals surface area contributed by atoms with Gasteiger partial charge in [-0.2, -0.15) is 0 Å². The van der Waals surface area contributed by atoms with Crippen molar-refractivity contribution < 1.29 is 14.6 Å². The highest BCUT2D eigenvalue weighted by molar-refractivity contribution is 6.31. The minimum absolute atomic E-state index is 0.173. The molecule has 0 saturated carbocycles. The molecular weight excluding hydrogens is 264 g/mol. The first-order valence-electron chi connectivity index (χ1n) is 5.92. The van der Waals surface area contributed by atoms with E-state index in [1.54, 1.807) is 25.3 Å². The number of phenolic OH excluding ortho intramolecular Hbond substituents is 1. The van der Waals surface area contributed by atoms with E-state index in [0.717, 1.165) is 5.56 Å². The summed E-state index contributed by atoms with van der Waals surface area (Å²) >= 11 is 5.97. The van der Waals surface area contributed by atoms with Crippen LogP contribution in [0.2, 0.25) is 5.02 Å². The zero-order valence-corrected chi connectivity index (χ0v) is 11.4. The van der Waals surface area contributed by atoms with Gasteiger partial charge in [-0.05, 0) is 24.3 Å². The molecule has 2 rings (SSSR count). The van der Waals surface area contributed by atoms with Gasteiger partial charge < -0.3 is 14.6 Å². The Morgan fingerprint density at radius 3 is 2.63 bits per heavy atom. The van der Waals surface area contributed by atoms with E-state index in [9.17, 15) is 5.11 Å². The molecule has 0 aliphatic carbocycles. The fourth-order valence-electron chi connectivity index (χ4n) is 1.77. The van der Waals surface area contributed by atoms with Gasteiger partial charge >= 0.3 is 0 Å². The first kappa shape index (κ1) is 13.7. The molecule has 3 nitrogen and oxygen atoms in total. The average molecular weight is 279 g/mol. The molecule has 0 amide bonds. The van der Waals surface area contributed by atoms with Crippen LogP contribution >= 0.6 is 11.6 Å². The zero-order chi connectivity index (χ0) is 13.7. The molecule has 1 N–H and O–H groups in total. The van der Waals surface area contributed by atoms with Crippen LogP contribution in [0.15, 0.2) is 42.5 Å². The highest BCUT2D eigenvalue weighted by Crippen LogP contribution is 2.37.